The quantitative estimate of drug-likeness (QED) is 0.258. The number of fused-ring (bicyclic) bond motifs is 1. The second kappa shape index (κ2) is 10.5. The number of anilines is 1. The molecule has 2 aromatic carbocycles. The summed E-state index contributed by atoms with van der Waals surface area (Å²) in [6.07, 6.45) is 0.526. The van der Waals surface area contributed by atoms with Crippen LogP contribution in [0.1, 0.15) is 23.3 Å². The number of hydrogen-bond acceptors (Lipinski definition) is 9. The van der Waals surface area contributed by atoms with Crippen LogP contribution in [0.25, 0.3) is 11.2 Å². The SMILES string of the molecule is O[C@@H]1[C@H](O)[C@@H](Cn2nccn2)O[C@H]1n1cnc2c(NCC(c3ccccc3)c3ccccc3)nc(Cl)nc21. The molecule has 6 rings (SSSR count). The van der Waals surface area contributed by atoms with E-state index in [1.165, 1.54) is 23.5 Å². The Bertz CT molecular complexity index is 1460. The van der Waals surface area contributed by atoms with Crippen molar-refractivity contribution < 1.29 is 14.9 Å². The van der Waals surface area contributed by atoms with Crippen LogP contribution in [0.3, 0.4) is 0 Å². The van der Waals surface area contributed by atoms with E-state index in [4.69, 9.17) is 16.3 Å². The van der Waals surface area contributed by atoms with Gasteiger partial charge in [0.1, 0.15) is 18.3 Å². The predicted octanol–water partition coefficient (Wildman–Crippen LogP) is 2.63. The Morgan fingerprint density at radius 3 is 2.24 bits per heavy atom. The molecule has 1 aliphatic heterocycles. The molecule has 3 aromatic heterocycles. The molecule has 38 heavy (non-hydrogen) atoms. The summed E-state index contributed by atoms with van der Waals surface area (Å²) in [6.45, 7) is 0.709. The number of halogens is 1. The van der Waals surface area contributed by atoms with Crippen LogP contribution in [0.2, 0.25) is 5.28 Å². The van der Waals surface area contributed by atoms with Crippen LogP contribution in [-0.2, 0) is 11.3 Å². The highest BCUT2D eigenvalue weighted by atomic mass is 35.5. The van der Waals surface area contributed by atoms with Gasteiger partial charge in [0.25, 0.3) is 0 Å². The van der Waals surface area contributed by atoms with E-state index in [9.17, 15) is 10.2 Å². The minimum atomic E-state index is -1.22. The number of nitrogens with one attached hydrogen (secondary N) is 1. The van der Waals surface area contributed by atoms with Crippen LogP contribution in [0.5, 0.6) is 0 Å². The van der Waals surface area contributed by atoms with Crippen LogP contribution in [0.15, 0.2) is 79.4 Å². The number of ether oxygens (including phenoxy) is 1. The van der Waals surface area contributed by atoms with E-state index in [0.29, 0.717) is 23.5 Å². The smallest absolute Gasteiger partial charge is 0.226 e. The summed E-state index contributed by atoms with van der Waals surface area (Å²) < 4.78 is 7.56. The van der Waals surface area contributed by atoms with Gasteiger partial charge in [0.15, 0.2) is 23.2 Å². The highest BCUT2D eigenvalue weighted by Gasteiger charge is 2.44. The Hall–Kier alpha value is -3.90. The number of hydrogen-bond donors (Lipinski definition) is 3. The van der Waals surface area contributed by atoms with Gasteiger partial charge >= 0.3 is 0 Å². The van der Waals surface area contributed by atoms with Crippen LogP contribution in [0, 0.1) is 0 Å². The van der Waals surface area contributed by atoms with Gasteiger partial charge in [-0.05, 0) is 22.7 Å². The van der Waals surface area contributed by atoms with Gasteiger partial charge in [-0.15, -0.1) is 0 Å². The maximum atomic E-state index is 10.8. The van der Waals surface area contributed by atoms with Crippen molar-refractivity contribution in [2.75, 3.05) is 11.9 Å². The highest BCUT2D eigenvalue weighted by molar-refractivity contribution is 6.28. The fourth-order valence-electron chi connectivity index (χ4n) is 4.81. The van der Waals surface area contributed by atoms with E-state index in [1.54, 1.807) is 4.57 Å². The second-order valence-electron chi connectivity index (χ2n) is 9.05. The van der Waals surface area contributed by atoms with Crippen LogP contribution >= 0.6 is 11.6 Å². The molecule has 3 N–H and O–H groups in total. The summed E-state index contributed by atoms with van der Waals surface area (Å²) in [5.74, 6) is 0.510. The molecule has 0 bridgehead atoms. The number of aliphatic hydroxyl groups excluding tert-OH is 2. The van der Waals surface area contributed by atoms with Crippen molar-refractivity contribution >= 4 is 28.6 Å². The van der Waals surface area contributed by atoms with Crippen LogP contribution in [0.4, 0.5) is 5.82 Å². The molecule has 0 amide bonds. The Morgan fingerprint density at radius 2 is 1.58 bits per heavy atom. The third-order valence-electron chi connectivity index (χ3n) is 6.69. The second-order valence-corrected chi connectivity index (χ2v) is 9.39. The van der Waals surface area contributed by atoms with Crippen molar-refractivity contribution in [1.82, 2.24) is 34.5 Å². The van der Waals surface area contributed by atoms with Crippen molar-refractivity contribution in [3.63, 3.8) is 0 Å². The summed E-state index contributed by atoms with van der Waals surface area (Å²) in [4.78, 5) is 14.6. The lowest BCUT2D eigenvalue weighted by Crippen LogP contribution is -2.34. The molecule has 1 aliphatic rings. The minimum absolute atomic E-state index is 0.0167. The van der Waals surface area contributed by atoms with E-state index < -0.39 is 24.5 Å². The highest BCUT2D eigenvalue weighted by Crippen LogP contribution is 2.34. The number of rotatable bonds is 8. The molecular formula is C26H25ClN8O3. The average molecular weight is 533 g/mol. The number of imidazole rings is 1. The monoisotopic (exact) mass is 532 g/mol. The topological polar surface area (TPSA) is 136 Å². The maximum Gasteiger partial charge on any atom is 0.226 e. The van der Waals surface area contributed by atoms with Gasteiger partial charge in [0, 0.05) is 12.5 Å². The van der Waals surface area contributed by atoms with Gasteiger partial charge in [-0.3, -0.25) is 4.57 Å². The average Bonchev–Trinajstić information content (AvgIpc) is 3.67. The summed E-state index contributed by atoms with van der Waals surface area (Å²) in [5.41, 5.74) is 3.15. The molecule has 0 aliphatic carbocycles. The number of aliphatic hydroxyl groups is 2. The first-order chi connectivity index (χ1) is 18.6. The van der Waals surface area contributed by atoms with Crippen LogP contribution < -0.4 is 5.32 Å². The van der Waals surface area contributed by atoms with Gasteiger partial charge in [-0.2, -0.15) is 25.0 Å². The van der Waals surface area contributed by atoms with E-state index in [0.717, 1.165) is 11.1 Å². The first-order valence-corrected chi connectivity index (χ1v) is 12.6. The van der Waals surface area contributed by atoms with Crippen molar-refractivity contribution in [2.45, 2.75) is 37.0 Å². The molecule has 11 nitrogen and oxygen atoms in total. The zero-order chi connectivity index (χ0) is 26.1. The zero-order valence-electron chi connectivity index (χ0n) is 20.1. The molecule has 0 unspecified atom stereocenters. The first kappa shape index (κ1) is 24.4. The van der Waals surface area contributed by atoms with Gasteiger partial charge in [-0.1, -0.05) is 60.7 Å². The van der Waals surface area contributed by atoms with Crippen molar-refractivity contribution in [1.29, 1.82) is 0 Å². The normalized spacial score (nSPS) is 21.4. The van der Waals surface area contributed by atoms with Crippen molar-refractivity contribution in [3.05, 3.63) is 95.8 Å². The number of nitrogens with zero attached hydrogens (tertiary/aromatic N) is 7. The summed E-state index contributed by atoms with van der Waals surface area (Å²) in [6, 6.07) is 20.4. The van der Waals surface area contributed by atoms with E-state index in [2.05, 4.69) is 54.7 Å². The van der Waals surface area contributed by atoms with Gasteiger partial charge in [-0.25, -0.2) is 4.98 Å². The standard InChI is InChI=1S/C26H25ClN8O3/c27-26-32-23(28-13-18(16-7-3-1-4-8-16)17-9-5-2-6-10-17)20-24(33-26)34(15-29-20)25-22(37)21(36)19(38-25)14-35-30-11-12-31-35/h1-12,15,18-19,21-22,25,36-37H,13-14H2,(H,28,32,33)/t19-,21-,22-,25-/m1/s1. The van der Waals surface area contributed by atoms with Gasteiger partial charge in [0.2, 0.25) is 5.28 Å². The van der Waals surface area contributed by atoms with E-state index in [-0.39, 0.29) is 17.7 Å². The maximum absolute atomic E-state index is 10.8. The van der Waals surface area contributed by atoms with Crippen LogP contribution in [-0.4, -0.2) is 69.6 Å². The molecule has 0 spiro atoms. The largest absolute Gasteiger partial charge is 0.387 e. The van der Waals surface area contributed by atoms with Crippen molar-refractivity contribution in [2.24, 2.45) is 0 Å². The van der Waals surface area contributed by atoms with Gasteiger partial charge < -0.3 is 20.3 Å². The first-order valence-electron chi connectivity index (χ1n) is 12.2. The fourth-order valence-corrected chi connectivity index (χ4v) is 4.97. The molecule has 1 fully saturated rings. The molecule has 0 saturated carbocycles. The molecule has 194 valence electrons. The van der Waals surface area contributed by atoms with E-state index in [1.807, 2.05) is 36.4 Å². The zero-order valence-corrected chi connectivity index (χ0v) is 20.9. The van der Waals surface area contributed by atoms with Crippen molar-refractivity contribution in [3.8, 4) is 0 Å². The molecule has 0 radical (unpaired) electrons. The third kappa shape index (κ3) is 4.72. The molecule has 4 heterocycles. The molecule has 1 saturated heterocycles. The number of aromatic nitrogens is 7. The molecule has 5 aromatic rings. The Kier molecular flexibility index (Phi) is 6.73. The predicted molar refractivity (Wildman–Crippen MR) is 139 cm³/mol. The van der Waals surface area contributed by atoms with Gasteiger partial charge in [0.05, 0.1) is 25.3 Å². The number of benzene rings is 2. The third-order valence-corrected chi connectivity index (χ3v) is 6.86. The lowest BCUT2D eigenvalue weighted by molar-refractivity contribution is -0.0413. The van der Waals surface area contributed by atoms with E-state index >= 15 is 0 Å². The summed E-state index contributed by atoms with van der Waals surface area (Å²) in [5, 5.41) is 32.9. The summed E-state index contributed by atoms with van der Waals surface area (Å²) in [7, 11) is 0. The minimum Gasteiger partial charge on any atom is -0.387 e. The lowest BCUT2D eigenvalue weighted by Gasteiger charge is -2.19. The molecule has 4 atom stereocenters. The molecule has 12 heteroatoms. The fraction of sp³-hybridized carbons (Fsp3) is 0.269. The Morgan fingerprint density at radius 1 is 0.921 bits per heavy atom. The Labute approximate surface area is 222 Å². The summed E-state index contributed by atoms with van der Waals surface area (Å²) >= 11 is 6.32. The lowest BCUT2D eigenvalue weighted by atomic mass is 9.91. The Balaban J connectivity index is 1.28. The molecular weight excluding hydrogens is 508 g/mol.